The van der Waals surface area contributed by atoms with Crippen LogP contribution in [0.25, 0.3) is 0 Å². The number of hydrogen-bond acceptors (Lipinski definition) is 4. The fraction of sp³-hybridized carbons (Fsp3) is 0.217. The highest BCUT2D eigenvalue weighted by molar-refractivity contribution is 9.10. The van der Waals surface area contributed by atoms with Crippen LogP contribution in [0.5, 0.6) is 11.5 Å². The van der Waals surface area contributed by atoms with Crippen LogP contribution in [-0.2, 0) is 23.1 Å². The molecule has 158 valence electrons. The molecule has 3 aromatic rings. The van der Waals surface area contributed by atoms with Gasteiger partial charge >= 0.3 is 0 Å². The largest absolute Gasteiger partial charge is 0.497 e. The normalized spacial score (nSPS) is 11.5. The topological polar surface area (TPSA) is 55.8 Å². The Morgan fingerprint density at radius 1 is 0.800 bits per heavy atom. The fourth-order valence-electron chi connectivity index (χ4n) is 3.02. The van der Waals surface area contributed by atoms with Crippen molar-refractivity contribution in [2.45, 2.75) is 24.9 Å². The maximum atomic E-state index is 13.5. The van der Waals surface area contributed by atoms with E-state index in [4.69, 9.17) is 9.47 Å². The number of halogens is 1. The van der Waals surface area contributed by atoms with Crippen LogP contribution in [0.4, 0.5) is 0 Å². The summed E-state index contributed by atoms with van der Waals surface area (Å²) in [5.74, 6) is 1.46. The SMILES string of the molecule is COc1ccc(CN(Cc2ccc(OC)cc2)S(=O)(=O)c2ccc(Br)c(C)c2)cc1. The van der Waals surface area contributed by atoms with E-state index in [0.29, 0.717) is 0 Å². The highest BCUT2D eigenvalue weighted by Crippen LogP contribution is 2.26. The first-order valence-corrected chi connectivity index (χ1v) is 11.6. The number of sulfonamides is 1. The Labute approximate surface area is 186 Å². The second-order valence-electron chi connectivity index (χ2n) is 6.88. The molecule has 0 saturated carbocycles. The molecular formula is C23H24BrNO4S. The van der Waals surface area contributed by atoms with Crippen LogP contribution >= 0.6 is 15.9 Å². The molecule has 0 unspecified atom stereocenters. The van der Waals surface area contributed by atoms with Crippen molar-refractivity contribution in [2.24, 2.45) is 0 Å². The zero-order valence-corrected chi connectivity index (χ0v) is 19.5. The lowest BCUT2D eigenvalue weighted by molar-refractivity contribution is 0.397. The number of benzene rings is 3. The summed E-state index contributed by atoms with van der Waals surface area (Å²) < 4.78 is 39.8. The minimum atomic E-state index is -3.72. The molecule has 0 heterocycles. The minimum absolute atomic E-state index is 0.244. The first kappa shape index (κ1) is 22.3. The lowest BCUT2D eigenvalue weighted by Gasteiger charge is -2.23. The van der Waals surface area contributed by atoms with E-state index in [2.05, 4.69) is 15.9 Å². The van der Waals surface area contributed by atoms with Crippen molar-refractivity contribution in [3.8, 4) is 11.5 Å². The highest BCUT2D eigenvalue weighted by Gasteiger charge is 2.25. The van der Waals surface area contributed by atoms with Gasteiger partial charge in [-0.05, 0) is 66.1 Å². The van der Waals surface area contributed by atoms with Gasteiger partial charge in [0.1, 0.15) is 11.5 Å². The Hall–Kier alpha value is -2.35. The van der Waals surface area contributed by atoms with Crippen LogP contribution in [0.2, 0.25) is 0 Å². The van der Waals surface area contributed by atoms with Gasteiger partial charge in [-0.3, -0.25) is 0 Å². The fourth-order valence-corrected chi connectivity index (χ4v) is 4.77. The monoisotopic (exact) mass is 489 g/mol. The molecule has 0 atom stereocenters. The third-order valence-corrected chi connectivity index (χ3v) is 7.48. The average Bonchev–Trinajstić information content (AvgIpc) is 2.76. The number of aryl methyl sites for hydroxylation is 1. The van der Waals surface area contributed by atoms with Gasteiger partial charge < -0.3 is 9.47 Å². The van der Waals surface area contributed by atoms with Crippen molar-refractivity contribution in [1.29, 1.82) is 0 Å². The predicted octanol–water partition coefficient (Wildman–Crippen LogP) is 5.17. The van der Waals surface area contributed by atoms with E-state index >= 15 is 0 Å². The molecule has 0 spiro atoms. The van der Waals surface area contributed by atoms with Crippen molar-refractivity contribution >= 4 is 26.0 Å². The molecule has 30 heavy (non-hydrogen) atoms. The molecule has 0 fully saturated rings. The average molecular weight is 490 g/mol. The Bertz CT molecular complexity index is 1050. The zero-order valence-electron chi connectivity index (χ0n) is 17.1. The van der Waals surface area contributed by atoms with Crippen molar-refractivity contribution in [3.05, 3.63) is 87.9 Å². The highest BCUT2D eigenvalue weighted by atomic mass is 79.9. The van der Waals surface area contributed by atoms with E-state index < -0.39 is 10.0 Å². The van der Waals surface area contributed by atoms with E-state index in [-0.39, 0.29) is 18.0 Å². The summed E-state index contributed by atoms with van der Waals surface area (Å²) in [6.45, 7) is 2.36. The summed E-state index contributed by atoms with van der Waals surface area (Å²) in [5, 5.41) is 0. The lowest BCUT2D eigenvalue weighted by Crippen LogP contribution is -2.30. The number of rotatable bonds is 8. The third-order valence-electron chi connectivity index (χ3n) is 4.80. The summed E-state index contributed by atoms with van der Waals surface area (Å²) in [5.41, 5.74) is 2.62. The molecule has 0 N–H and O–H groups in total. The van der Waals surface area contributed by atoms with Gasteiger partial charge in [-0.25, -0.2) is 8.42 Å². The summed E-state index contributed by atoms with van der Waals surface area (Å²) in [7, 11) is -0.513. The van der Waals surface area contributed by atoms with Crippen LogP contribution in [-0.4, -0.2) is 26.9 Å². The number of methoxy groups -OCH3 is 2. The molecule has 0 aliphatic heterocycles. The molecule has 7 heteroatoms. The summed E-state index contributed by atoms with van der Waals surface area (Å²) >= 11 is 3.44. The Balaban J connectivity index is 1.96. The third kappa shape index (κ3) is 5.22. The second kappa shape index (κ2) is 9.64. The Morgan fingerprint density at radius 2 is 1.27 bits per heavy atom. The molecule has 0 aromatic heterocycles. The van der Waals surface area contributed by atoms with Gasteiger partial charge in [0.25, 0.3) is 0 Å². The number of hydrogen-bond donors (Lipinski definition) is 0. The van der Waals surface area contributed by atoms with Crippen molar-refractivity contribution in [1.82, 2.24) is 4.31 Å². The molecule has 3 aromatic carbocycles. The minimum Gasteiger partial charge on any atom is -0.497 e. The summed E-state index contributed by atoms with van der Waals surface area (Å²) in [6, 6.07) is 19.9. The molecule has 0 bridgehead atoms. The van der Waals surface area contributed by atoms with Crippen molar-refractivity contribution in [3.63, 3.8) is 0 Å². The molecule has 3 rings (SSSR count). The molecule has 0 aliphatic rings. The maximum absolute atomic E-state index is 13.5. The van der Waals surface area contributed by atoms with E-state index in [1.165, 1.54) is 4.31 Å². The van der Waals surface area contributed by atoms with E-state index in [9.17, 15) is 8.42 Å². The maximum Gasteiger partial charge on any atom is 0.243 e. The van der Waals surface area contributed by atoms with Crippen molar-refractivity contribution in [2.75, 3.05) is 14.2 Å². The first-order valence-electron chi connectivity index (χ1n) is 9.35. The van der Waals surface area contributed by atoms with Gasteiger partial charge in [-0.2, -0.15) is 4.31 Å². The van der Waals surface area contributed by atoms with Gasteiger partial charge in [0, 0.05) is 17.6 Å². The van der Waals surface area contributed by atoms with E-state index in [1.54, 1.807) is 32.4 Å². The van der Waals surface area contributed by atoms with Gasteiger partial charge in [0.2, 0.25) is 10.0 Å². The number of nitrogens with zero attached hydrogens (tertiary/aromatic N) is 1. The van der Waals surface area contributed by atoms with Gasteiger partial charge in [0.15, 0.2) is 0 Å². The molecule has 0 radical (unpaired) electrons. The summed E-state index contributed by atoms with van der Waals surface area (Å²) in [4.78, 5) is 0.269. The first-order chi connectivity index (χ1) is 14.3. The molecule has 5 nitrogen and oxygen atoms in total. The molecule has 0 amide bonds. The van der Waals surface area contributed by atoms with Crippen LogP contribution in [0.1, 0.15) is 16.7 Å². The summed E-state index contributed by atoms with van der Waals surface area (Å²) in [6.07, 6.45) is 0. The van der Waals surface area contributed by atoms with Gasteiger partial charge in [-0.1, -0.05) is 40.2 Å². The molecule has 0 saturated heterocycles. The lowest BCUT2D eigenvalue weighted by atomic mass is 10.2. The van der Waals surface area contributed by atoms with Crippen LogP contribution < -0.4 is 9.47 Å². The number of ether oxygens (including phenoxy) is 2. The van der Waals surface area contributed by atoms with Crippen LogP contribution in [0.15, 0.2) is 76.1 Å². The molecular weight excluding hydrogens is 466 g/mol. The van der Waals surface area contributed by atoms with Crippen molar-refractivity contribution < 1.29 is 17.9 Å². The predicted molar refractivity (Wildman–Crippen MR) is 121 cm³/mol. The molecule has 0 aliphatic carbocycles. The Morgan fingerprint density at radius 3 is 1.67 bits per heavy atom. The Kier molecular flexibility index (Phi) is 7.18. The van der Waals surface area contributed by atoms with Crippen LogP contribution in [0, 0.1) is 6.92 Å². The van der Waals surface area contributed by atoms with Gasteiger partial charge in [0.05, 0.1) is 19.1 Å². The quantitative estimate of drug-likeness (QED) is 0.438. The van der Waals surface area contributed by atoms with E-state index in [1.807, 2.05) is 55.5 Å². The van der Waals surface area contributed by atoms with Gasteiger partial charge in [-0.15, -0.1) is 0 Å². The van der Waals surface area contributed by atoms with E-state index in [0.717, 1.165) is 32.7 Å². The second-order valence-corrected chi connectivity index (χ2v) is 9.67. The smallest absolute Gasteiger partial charge is 0.243 e. The standard InChI is InChI=1S/C23H24BrNO4S/c1-17-14-22(12-13-23(17)24)30(26,27)25(15-18-4-8-20(28-2)9-5-18)16-19-6-10-21(29-3)11-7-19/h4-14H,15-16H2,1-3H3. The van der Waals surface area contributed by atoms with Crippen LogP contribution in [0.3, 0.4) is 0 Å². The zero-order chi connectivity index (χ0) is 21.7.